The number of nitrogens with one attached hydrogen (secondary N) is 1. The minimum atomic E-state index is -0.329. The highest BCUT2D eigenvalue weighted by atomic mass is 32.1. The number of fused-ring (bicyclic) bond motifs is 1. The summed E-state index contributed by atoms with van der Waals surface area (Å²) in [4.78, 5) is 21.3. The van der Waals surface area contributed by atoms with Crippen molar-refractivity contribution in [3.05, 3.63) is 77.2 Å². The monoisotopic (exact) mass is 524 g/mol. The molecule has 190 valence electrons. The molecule has 1 aliphatic rings. The fourth-order valence-corrected chi connectivity index (χ4v) is 5.48. The molecule has 1 N–H and O–H groups in total. The van der Waals surface area contributed by atoms with Crippen LogP contribution in [-0.2, 0) is 12.8 Å². The van der Waals surface area contributed by atoms with Crippen LogP contribution in [0.2, 0.25) is 0 Å². The molecule has 38 heavy (non-hydrogen) atoms. The minimum absolute atomic E-state index is 0.329. The SMILES string of the molecule is CCc1nc2ccc(-c3cnc(CC4CNC4)nc3)cn2c1N(C)c1nc(-c2ccc(F)cc2)c(C#N)s1. The first kappa shape index (κ1) is 24.2. The van der Waals surface area contributed by atoms with Gasteiger partial charge in [0.05, 0.1) is 5.69 Å². The summed E-state index contributed by atoms with van der Waals surface area (Å²) in [6.07, 6.45) is 7.42. The number of imidazole rings is 1. The number of anilines is 2. The normalized spacial score (nSPS) is 13.4. The van der Waals surface area contributed by atoms with E-state index in [2.05, 4.69) is 28.3 Å². The van der Waals surface area contributed by atoms with Gasteiger partial charge in [-0.15, -0.1) is 0 Å². The zero-order chi connectivity index (χ0) is 26.2. The molecular formula is C28H25FN8S. The maximum Gasteiger partial charge on any atom is 0.192 e. The highest BCUT2D eigenvalue weighted by Crippen LogP contribution is 2.37. The van der Waals surface area contributed by atoms with Crippen LogP contribution in [-0.4, -0.2) is 44.5 Å². The number of aromatic nitrogens is 5. The second-order valence-electron chi connectivity index (χ2n) is 9.35. The number of nitrogens with zero attached hydrogens (tertiary/aromatic N) is 7. The first-order valence-corrected chi connectivity index (χ1v) is 13.3. The molecule has 6 rings (SSSR count). The van der Waals surface area contributed by atoms with Gasteiger partial charge in [-0.3, -0.25) is 4.40 Å². The third kappa shape index (κ3) is 4.40. The summed E-state index contributed by atoms with van der Waals surface area (Å²) < 4.78 is 15.5. The maximum absolute atomic E-state index is 13.5. The van der Waals surface area contributed by atoms with Crippen LogP contribution in [0, 0.1) is 23.1 Å². The van der Waals surface area contributed by atoms with Gasteiger partial charge in [-0.1, -0.05) is 18.3 Å². The van der Waals surface area contributed by atoms with Crippen LogP contribution in [0.15, 0.2) is 55.0 Å². The number of hydrogen-bond donors (Lipinski definition) is 1. The standard InChI is InChI=1S/C28H25FN8S/c1-3-22-27(36(2)28-35-26(23(11-30)38-28)18-4-7-21(29)8-5-18)37-16-19(6-9-25(37)34-22)20-14-32-24(33-15-20)10-17-12-31-13-17/h4-9,14-17,31H,3,10,12-13H2,1-2H3. The fourth-order valence-electron chi connectivity index (χ4n) is 4.63. The maximum atomic E-state index is 13.5. The van der Waals surface area contributed by atoms with Crippen LogP contribution >= 0.6 is 11.3 Å². The smallest absolute Gasteiger partial charge is 0.192 e. The van der Waals surface area contributed by atoms with Gasteiger partial charge in [-0.2, -0.15) is 5.26 Å². The summed E-state index contributed by atoms with van der Waals surface area (Å²) in [5, 5.41) is 13.7. The van der Waals surface area contributed by atoms with Gasteiger partial charge in [0.2, 0.25) is 0 Å². The average molecular weight is 525 g/mol. The Kier molecular flexibility index (Phi) is 6.31. The number of rotatable bonds is 7. The summed E-state index contributed by atoms with van der Waals surface area (Å²) in [7, 11) is 1.93. The Hall–Kier alpha value is -4.20. The molecule has 1 aliphatic heterocycles. The Labute approximate surface area is 223 Å². The van der Waals surface area contributed by atoms with Gasteiger partial charge in [0.15, 0.2) is 5.13 Å². The van der Waals surface area contributed by atoms with Crippen LogP contribution in [0.1, 0.15) is 23.3 Å². The van der Waals surface area contributed by atoms with Gasteiger partial charge in [-0.05, 0) is 61.8 Å². The van der Waals surface area contributed by atoms with E-state index in [1.165, 1.54) is 23.5 Å². The lowest BCUT2D eigenvalue weighted by atomic mass is 9.99. The van der Waals surface area contributed by atoms with Gasteiger partial charge in [0.25, 0.3) is 0 Å². The quantitative estimate of drug-likeness (QED) is 0.320. The molecule has 0 saturated carbocycles. The number of thiazole rings is 1. The van der Waals surface area contributed by atoms with Crippen molar-refractivity contribution in [3.63, 3.8) is 0 Å². The summed E-state index contributed by atoms with van der Waals surface area (Å²) in [5.41, 5.74) is 4.89. The van der Waals surface area contributed by atoms with Crippen molar-refractivity contribution in [3.8, 4) is 28.5 Å². The van der Waals surface area contributed by atoms with Crippen molar-refractivity contribution in [2.24, 2.45) is 5.92 Å². The van der Waals surface area contributed by atoms with Crippen LogP contribution in [0.4, 0.5) is 15.3 Å². The summed E-state index contributed by atoms with van der Waals surface area (Å²) in [5.74, 6) is 2.03. The molecule has 1 aromatic carbocycles. The minimum Gasteiger partial charge on any atom is -0.316 e. The molecule has 0 amide bonds. The van der Waals surface area contributed by atoms with Gasteiger partial charge < -0.3 is 10.2 Å². The number of benzene rings is 1. The van der Waals surface area contributed by atoms with Gasteiger partial charge >= 0.3 is 0 Å². The summed E-state index contributed by atoms with van der Waals surface area (Å²) in [6.45, 7) is 4.12. The predicted molar refractivity (Wildman–Crippen MR) is 146 cm³/mol. The number of pyridine rings is 1. The first-order chi connectivity index (χ1) is 18.5. The van der Waals surface area contributed by atoms with E-state index in [1.54, 1.807) is 12.1 Å². The van der Waals surface area contributed by atoms with Gasteiger partial charge in [0, 0.05) is 48.7 Å². The highest BCUT2D eigenvalue weighted by Gasteiger charge is 2.22. The Balaban J connectivity index is 1.37. The van der Waals surface area contributed by atoms with Crippen LogP contribution in [0.3, 0.4) is 0 Å². The third-order valence-electron chi connectivity index (χ3n) is 6.81. The van der Waals surface area contributed by atoms with E-state index in [9.17, 15) is 9.65 Å². The number of hydrogen-bond acceptors (Lipinski definition) is 8. The molecule has 1 fully saturated rings. The molecule has 1 saturated heterocycles. The Morgan fingerprint density at radius 3 is 2.47 bits per heavy atom. The molecule has 0 aliphatic carbocycles. The Bertz CT molecular complexity index is 1650. The molecule has 0 unspecified atom stereocenters. The Morgan fingerprint density at radius 2 is 1.82 bits per heavy atom. The predicted octanol–water partition coefficient (Wildman–Crippen LogP) is 5.02. The largest absolute Gasteiger partial charge is 0.316 e. The second-order valence-corrected chi connectivity index (χ2v) is 10.3. The van der Waals surface area contributed by atoms with E-state index in [0.29, 0.717) is 27.2 Å². The number of nitriles is 1. The lowest BCUT2D eigenvalue weighted by molar-refractivity contribution is 0.341. The van der Waals surface area contributed by atoms with Gasteiger partial charge in [0.1, 0.15) is 39.7 Å². The van der Waals surface area contributed by atoms with Crippen molar-refractivity contribution in [2.75, 3.05) is 25.0 Å². The fraction of sp³-hybridized carbons (Fsp3) is 0.250. The van der Waals surface area contributed by atoms with Crippen LogP contribution in [0.25, 0.3) is 28.0 Å². The van der Waals surface area contributed by atoms with E-state index in [-0.39, 0.29) is 5.82 Å². The third-order valence-corrected chi connectivity index (χ3v) is 7.85. The molecule has 0 atom stereocenters. The topological polar surface area (TPSA) is 95.0 Å². The van der Waals surface area contributed by atoms with E-state index < -0.39 is 0 Å². The lowest BCUT2D eigenvalue weighted by Crippen LogP contribution is -2.43. The molecule has 0 radical (unpaired) electrons. The van der Waals surface area contributed by atoms with E-state index in [4.69, 9.17) is 9.97 Å². The molecule has 0 spiro atoms. The molecule has 4 aromatic heterocycles. The summed E-state index contributed by atoms with van der Waals surface area (Å²) >= 11 is 1.30. The first-order valence-electron chi connectivity index (χ1n) is 12.5. The molecule has 0 bridgehead atoms. The van der Waals surface area contributed by atoms with Crippen molar-refractivity contribution in [1.82, 2.24) is 29.7 Å². The zero-order valence-electron chi connectivity index (χ0n) is 21.0. The van der Waals surface area contributed by atoms with Crippen molar-refractivity contribution >= 4 is 27.9 Å². The van der Waals surface area contributed by atoms with Gasteiger partial charge in [-0.25, -0.2) is 24.3 Å². The summed E-state index contributed by atoms with van der Waals surface area (Å²) in [6, 6.07) is 12.3. The Morgan fingerprint density at radius 1 is 1.08 bits per heavy atom. The van der Waals surface area contributed by atoms with Crippen molar-refractivity contribution in [2.45, 2.75) is 19.8 Å². The number of aryl methyl sites for hydroxylation is 1. The second kappa shape index (κ2) is 9.93. The molecule has 5 aromatic rings. The van der Waals surface area contributed by atoms with Crippen LogP contribution in [0.5, 0.6) is 0 Å². The van der Waals surface area contributed by atoms with Crippen molar-refractivity contribution in [1.29, 1.82) is 5.26 Å². The van der Waals surface area contributed by atoms with E-state index >= 15 is 0 Å². The van der Waals surface area contributed by atoms with E-state index in [1.807, 2.05) is 47.1 Å². The molecular weight excluding hydrogens is 499 g/mol. The average Bonchev–Trinajstić information content (AvgIpc) is 3.52. The molecule has 8 nitrogen and oxygen atoms in total. The van der Waals surface area contributed by atoms with E-state index in [0.717, 1.165) is 60.0 Å². The lowest BCUT2D eigenvalue weighted by Gasteiger charge is -2.26. The van der Waals surface area contributed by atoms with Crippen LogP contribution < -0.4 is 10.2 Å². The zero-order valence-corrected chi connectivity index (χ0v) is 21.8. The number of halogens is 1. The highest BCUT2D eigenvalue weighted by molar-refractivity contribution is 7.16. The molecule has 10 heteroatoms. The molecule has 5 heterocycles. The van der Waals surface area contributed by atoms with Crippen molar-refractivity contribution < 1.29 is 4.39 Å².